The fraction of sp³-hybridized carbons (Fsp3) is 0.889. The maximum atomic E-state index is 12.1. The molecule has 1 saturated heterocycles. The second-order valence-electron chi connectivity index (χ2n) is 3.60. The van der Waals surface area contributed by atoms with Crippen molar-refractivity contribution >= 4 is 18.0 Å². The Morgan fingerprint density at radius 2 is 2.15 bits per heavy atom. The van der Waals surface area contributed by atoms with Gasteiger partial charge in [-0.3, -0.25) is 0 Å². The van der Waals surface area contributed by atoms with Gasteiger partial charge in [-0.15, -0.1) is 0 Å². The van der Waals surface area contributed by atoms with E-state index in [-0.39, 0.29) is 6.42 Å². The highest BCUT2D eigenvalue weighted by molar-refractivity contribution is 7.99. The number of hydrogen-bond donors (Lipinski definition) is 1. The first-order chi connectivity index (χ1) is 6.22. The molecule has 0 spiro atoms. The van der Waals surface area contributed by atoms with Crippen molar-refractivity contribution in [2.24, 2.45) is 5.41 Å². The summed E-state index contributed by atoms with van der Waals surface area (Å²) in [7, 11) is 0. The largest absolute Gasteiger partial charge is 0.390 e. The normalized spacial score (nSPS) is 23.8. The first-order valence-electron chi connectivity index (χ1n) is 4.50. The molecular formula is C9H15FO2S. The van der Waals surface area contributed by atoms with Crippen molar-refractivity contribution < 1.29 is 14.3 Å². The van der Waals surface area contributed by atoms with Crippen LogP contribution in [0.3, 0.4) is 0 Å². The molecule has 0 aliphatic carbocycles. The van der Waals surface area contributed by atoms with Crippen molar-refractivity contribution in [3.8, 4) is 0 Å². The summed E-state index contributed by atoms with van der Waals surface area (Å²) in [6, 6.07) is 0. The lowest BCUT2D eigenvalue weighted by Crippen LogP contribution is -2.33. The second-order valence-corrected chi connectivity index (χ2v) is 4.83. The summed E-state index contributed by atoms with van der Waals surface area (Å²) in [5, 5.41) is 9.17. The maximum Gasteiger partial charge on any atom is 0.126 e. The fourth-order valence-electron chi connectivity index (χ4n) is 1.67. The van der Waals surface area contributed by atoms with Crippen molar-refractivity contribution in [1.82, 2.24) is 0 Å². The quantitative estimate of drug-likeness (QED) is 0.707. The predicted octanol–water partition coefficient (Wildman–Crippen LogP) is 1.42. The monoisotopic (exact) mass is 206 g/mol. The zero-order valence-corrected chi connectivity index (χ0v) is 8.36. The van der Waals surface area contributed by atoms with E-state index in [9.17, 15) is 9.18 Å². The highest BCUT2D eigenvalue weighted by atomic mass is 32.2. The Balaban J connectivity index is 2.52. The van der Waals surface area contributed by atoms with Crippen LogP contribution >= 0.6 is 11.8 Å². The Bertz CT molecular complexity index is 169. The van der Waals surface area contributed by atoms with Gasteiger partial charge in [-0.25, -0.2) is 4.39 Å². The Hall–Kier alpha value is -0.0900. The molecule has 0 aromatic rings. The summed E-state index contributed by atoms with van der Waals surface area (Å²) in [5.41, 5.74) is -0.448. The van der Waals surface area contributed by atoms with Gasteiger partial charge in [0.1, 0.15) is 13.0 Å². The van der Waals surface area contributed by atoms with Crippen LogP contribution in [0.25, 0.3) is 0 Å². The van der Waals surface area contributed by atoms with Crippen LogP contribution in [0.5, 0.6) is 0 Å². The molecule has 1 aliphatic rings. The van der Waals surface area contributed by atoms with E-state index in [0.717, 1.165) is 30.6 Å². The molecule has 1 rings (SSSR count). The number of thioether (sulfide) groups is 1. The topological polar surface area (TPSA) is 37.3 Å². The number of carbonyl (C=O) groups excluding carboxylic acids is 1. The lowest BCUT2D eigenvalue weighted by atomic mass is 9.78. The smallest absolute Gasteiger partial charge is 0.126 e. The number of carbonyl (C=O) groups is 1. The molecule has 0 aromatic heterocycles. The molecule has 0 saturated carbocycles. The van der Waals surface area contributed by atoms with Gasteiger partial charge in [-0.1, -0.05) is 0 Å². The van der Waals surface area contributed by atoms with Gasteiger partial charge in [0.15, 0.2) is 0 Å². The SMILES string of the molecule is O=CC1(CC(O)CF)CCSCC1. The Morgan fingerprint density at radius 3 is 2.62 bits per heavy atom. The fourth-order valence-corrected chi connectivity index (χ4v) is 2.98. The van der Waals surface area contributed by atoms with Gasteiger partial charge in [-0.05, 0) is 30.8 Å². The van der Waals surface area contributed by atoms with E-state index in [1.165, 1.54) is 0 Å². The summed E-state index contributed by atoms with van der Waals surface area (Å²) in [4.78, 5) is 10.9. The van der Waals surface area contributed by atoms with Crippen LogP contribution in [0.4, 0.5) is 4.39 Å². The van der Waals surface area contributed by atoms with Crippen molar-refractivity contribution in [3.63, 3.8) is 0 Å². The van der Waals surface area contributed by atoms with Gasteiger partial charge in [0.05, 0.1) is 6.10 Å². The molecule has 0 bridgehead atoms. The molecule has 2 nitrogen and oxygen atoms in total. The third-order valence-electron chi connectivity index (χ3n) is 2.56. The lowest BCUT2D eigenvalue weighted by molar-refractivity contribution is -0.118. The number of hydrogen-bond acceptors (Lipinski definition) is 3. The second kappa shape index (κ2) is 4.96. The van der Waals surface area contributed by atoms with E-state index < -0.39 is 18.2 Å². The number of halogens is 1. The number of aldehydes is 1. The van der Waals surface area contributed by atoms with E-state index >= 15 is 0 Å². The molecule has 0 amide bonds. The zero-order valence-electron chi connectivity index (χ0n) is 7.54. The molecular weight excluding hydrogens is 191 g/mol. The summed E-state index contributed by atoms with van der Waals surface area (Å²) >= 11 is 1.81. The van der Waals surface area contributed by atoms with Gasteiger partial charge in [0.2, 0.25) is 0 Å². The minimum atomic E-state index is -0.965. The van der Waals surface area contributed by atoms with E-state index in [1.54, 1.807) is 0 Å². The highest BCUT2D eigenvalue weighted by Gasteiger charge is 2.33. The molecule has 4 heteroatoms. The molecule has 0 aromatic carbocycles. The van der Waals surface area contributed by atoms with Gasteiger partial charge < -0.3 is 9.90 Å². The number of aliphatic hydroxyl groups is 1. The van der Waals surface area contributed by atoms with Crippen molar-refractivity contribution in [3.05, 3.63) is 0 Å². The number of aliphatic hydroxyl groups excluding tert-OH is 1. The molecule has 1 fully saturated rings. The van der Waals surface area contributed by atoms with Gasteiger partial charge >= 0.3 is 0 Å². The van der Waals surface area contributed by atoms with Crippen LogP contribution in [0.2, 0.25) is 0 Å². The molecule has 13 heavy (non-hydrogen) atoms. The van der Waals surface area contributed by atoms with Gasteiger partial charge in [0.25, 0.3) is 0 Å². The first-order valence-corrected chi connectivity index (χ1v) is 5.66. The third kappa shape index (κ3) is 2.95. The van der Waals surface area contributed by atoms with Gasteiger partial charge in [0, 0.05) is 5.41 Å². The van der Waals surface area contributed by atoms with Gasteiger partial charge in [-0.2, -0.15) is 11.8 Å². The molecule has 1 N–H and O–H groups in total. The van der Waals surface area contributed by atoms with Crippen LogP contribution in [-0.4, -0.2) is 35.7 Å². The van der Waals surface area contributed by atoms with E-state index in [1.807, 2.05) is 11.8 Å². The highest BCUT2D eigenvalue weighted by Crippen LogP contribution is 2.37. The van der Waals surface area contributed by atoms with Crippen LogP contribution in [0.15, 0.2) is 0 Å². The third-order valence-corrected chi connectivity index (χ3v) is 3.54. The molecule has 0 radical (unpaired) electrons. The summed E-state index contributed by atoms with van der Waals surface area (Å²) in [6.45, 7) is -0.747. The average Bonchev–Trinajstić information content (AvgIpc) is 2.19. The Kier molecular flexibility index (Phi) is 4.19. The zero-order chi connectivity index (χ0) is 9.73. The standard InChI is InChI=1S/C9H15FO2S/c10-6-8(12)5-9(7-11)1-3-13-4-2-9/h7-8,12H,1-6H2. The molecule has 1 unspecified atom stereocenters. The molecule has 1 aliphatic heterocycles. The number of alkyl halides is 1. The molecule has 1 atom stereocenters. The Morgan fingerprint density at radius 1 is 1.54 bits per heavy atom. The first kappa shape index (κ1) is 11.0. The van der Waals surface area contributed by atoms with Crippen molar-refractivity contribution in [2.45, 2.75) is 25.4 Å². The average molecular weight is 206 g/mol. The van der Waals surface area contributed by atoms with Crippen LogP contribution in [0, 0.1) is 5.41 Å². The maximum absolute atomic E-state index is 12.1. The summed E-state index contributed by atoms with van der Waals surface area (Å²) < 4.78 is 12.1. The minimum Gasteiger partial charge on any atom is -0.390 e. The van der Waals surface area contributed by atoms with Crippen LogP contribution < -0.4 is 0 Å². The minimum absolute atomic E-state index is 0.285. The van der Waals surface area contributed by atoms with E-state index in [2.05, 4.69) is 0 Å². The van der Waals surface area contributed by atoms with Crippen LogP contribution in [0.1, 0.15) is 19.3 Å². The molecule has 76 valence electrons. The van der Waals surface area contributed by atoms with E-state index in [4.69, 9.17) is 5.11 Å². The summed E-state index contributed by atoms with van der Waals surface area (Å²) in [5.74, 6) is 1.88. The predicted molar refractivity (Wildman–Crippen MR) is 51.7 cm³/mol. The van der Waals surface area contributed by atoms with Crippen molar-refractivity contribution in [2.75, 3.05) is 18.2 Å². The van der Waals surface area contributed by atoms with Crippen LogP contribution in [-0.2, 0) is 4.79 Å². The van der Waals surface area contributed by atoms with Crippen molar-refractivity contribution in [1.29, 1.82) is 0 Å². The Labute approximate surface area is 81.9 Å². The summed E-state index contributed by atoms with van der Waals surface area (Å²) in [6.07, 6.45) is 1.78. The number of rotatable bonds is 4. The van der Waals surface area contributed by atoms with E-state index in [0.29, 0.717) is 0 Å². The molecule has 1 heterocycles. The lowest BCUT2D eigenvalue weighted by Gasteiger charge is -2.32.